The lowest BCUT2D eigenvalue weighted by atomic mass is 9.74. The molecule has 1 atom stereocenters. The van der Waals surface area contributed by atoms with Gasteiger partial charge in [0.05, 0.1) is 17.9 Å². The Balaban J connectivity index is 2.57. The third kappa shape index (κ3) is 3.93. The van der Waals surface area contributed by atoms with Crippen LogP contribution in [0.1, 0.15) is 53.4 Å². The number of ether oxygens (including phenoxy) is 1. The molecule has 0 aromatic carbocycles. The predicted octanol–water partition coefficient (Wildman–Crippen LogP) is 1.95. The third-order valence-corrected chi connectivity index (χ3v) is 4.24. The molecule has 0 aromatic heterocycles. The monoisotopic (exact) mass is 271 g/mol. The first kappa shape index (κ1) is 16.0. The normalized spacial score (nSPS) is 20.9. The van der Waals surface area contributed by atoms with E-state index in [1.807, 2.05) is 0 Å². The minimum absolute atomic E-state index is 0.0301. The maximum atomic E-state index is 12.0. The van der Waals surface area contributed by atoms with Crippen molar-refractivity contribution in [2.75, 3.05) is 6.61 Å². The van der Waals surface area contributed by atoms with Gasteiger partial charge in [-0.1, -0.05) is 0 Å². The Labute approximate surface area is 114 Å². The first-order valence-corrected chi connectivity index (χ1v) is 6.83. The second kappa shape index (κ2) is 5.90. The minimum Gasteiger partial charge on any atom is -0.481 e. The second-order valence-electron chi connectivity index (χ2n) is 6.30. The smallest absolute Gasteiger partial charge is 0.311 e. The Morgan fingerprint density at radius 3 is 2.37 bits per heavy atom. The highest BCUT2D eigenvalue weighted by molar-refractivity contribution is 5.80. The summed E-state index contributed by atoms with van der Waals surface area (Å²) < 4.78 is 5.52. The standard InChI is InChI=1S/C14H25NO4/c1-13(2,12(17)18)14(3,4)15-11(16)9-10-7-5-6-8-19-10/h10H,5-9H2,1-4H3,(H,15,16)(H,17,18). The van der Waals surface area contributed by atoms with E-state index in [9.17, 15) is 14.7 Å². The van der Waals surface area contributed by atoms with Gasteiger partial charge in [0.25, 0.3) is 0 Å². The Morgan fingerprint density at radius 1 is 1.26 bits per heavy atom. The summed E-state index contributed by atoms with van der Waals surface area (Å²) >= 11 is 0. The number of amides is 1. The molecule has 5 heteroatoms. The molecule has 0 radical (unpaired) electrons. The number of aliphatic carboxylic acids is 1. The van der Waals surface area contributed by atoms with E-state index in [0.29, 0.717) is 13.0 Å². The maximum Gasteiger partial charge on any atom is 0.311 e. The van der Waals surface area contributed by atoms with Crippen molar-refractivity contribution in [1.82, 2.24) is 5.32 Å². The molecule has 1 aliphatic heterocycles. The summed E-state index contributed by atoms with van der Waals surface area (Å²) in [5.41, 5.74) is -1.85. The van der Waals surface area contributed by atoms with Crippen LogP contribution >= 0.6 is 0 Å². The number of carbonyl (C=O) groups is 2. The molecule has 0 aliphatic carbocycles. The molecule has 1 heterocycles. The van der Waals surface area contributed by atoms with Gasteiger partial charge >= 0.3 is 5.97 Å². The molecule has 1 amide bonds. The van der Waals surface area contributed by atoms with Crippen molar-refractivity contribution in [1.29, 1.82) is 0 Å². The Morgan fingerprint density at radius 2 is 1.89 bits per heavy atom. The summed E-state index contributed by atoms with van der Waals surface area (Å²) in [6, 6.07) is 0. The van der Waals surface area contributed by atoms with Gasteiger partial charge in [-0.25, -0.2) is 0 Å². The van der Waals surface area contributed by atoms with Crippen LogP contribution in [0.5, 0.6) is 0 Å². The van der Waals surface area contributed by atoms with Crippen LogP contribution in [0.4, 0.5) is 0 Å². The van der Waals surface area contributed by atoms with Gasteiger partial charge in [0.1, 0.15) is 0 Å². The van der Waals surface area contributed by atoms with E-state index < -0.39 is 16.9 Å². The van der Waals surface area contributed by atoms with Gasteiger partial charge < -0.3 is 15.2 Å². The number of carbonyl (C=O) groups excluding carboxylic acids is 1. The molecule has 1 saturated heterocycles. The van der Waals surface area contributed by atoms with E-state index in [1.165, 1.54) is 0 Å². The van der Waals surface area contributed by atoms with Gasteiger partial charge in [0.2, 0.25) is 5.91 Å². The van der Waals surface area contributed by atoms with E-state index in [2.05, 4.69) is 5.32 Å². The van der Waals surface area contributed by atoms with E-state index >= 15 is 0 Å². The van der Waals surface area contributed by atoms with Crippen LogP contribution in [-0.4, -0.2) is 35.2 Å². The van der Waals surface area contributed by atoms with Crippen LogP contribution in [0.25, 0.3) is 0 Å². The topological polar surface area (TPSA) is 75.6 Å². The van der Waals surface area contributed by atoms with Crippen LogP contribution in [0.3, 0.4) is 0 Å². The average Bonchev–Trinajstić information content (AvgIpc) is 2.28. The zero-order chi connectivity index (χ0) is 14.7. The molecule has 0 bridgehead atoms. The molecular formula is C14H25NO4. The van der Waals surface area contributed by atoms with Crippen molar-refractivity contribution in [3.05, 3.63) is 0 Å². The average molecular weight is 271 g/mol. The fourth-order valence-corrected chi connectivity index (χ4v) is 2.00. The van der Waals surface area contributed by atoms with E-state index in [1.54, 1.807) is 27.7 Å². The molecule has 1 rings (SSSR count). The third-order valence-electron chi connectivity index (χ3n) is 4.24. The van der Waals surface area contributed by atoms with Gasteiger partial charge in [-0.15, -0.1) is 0 Å². The van der Waals surface area contributed by atoms with Crippen molar-refractivity contribution in [2.45, 2.75) is 65.0 Å². The molecule has 1 fully saturated rings. The van der Waals surface area contributed by atoms with Crippen LogP contribution in [0.15, 0.2) is 0 Å². The van der Waals surface area contributed by atoms with E-state index in [4.69, 9.17) is 4.74 Å². The number of hydrogen-bond donors (Lipinski definition) is 2. The van der Waals surface area contributed by atoms with E-state index in [0.717, 1.165) is 19.3 Å². The van der Waals surface area contributed by atoms with Gasteiger partial charge in [0.15, 0.2) is 0 Å². The first-order chi connectivity index (χ1) is 8.67. The van der Waals surface area contributed by atoms with Crippen LogP contribution in [-0.2, 0) is 14.3 Å². The number of rotatable bonds is 5. The maximum absolute atomic E-state index is 12.0. The summed E-state index contributed by atoms with van der Waals surface area (Å²) in [6.07, 6.45) is 3.31. The number of carboxylic acids is 1. The summed E-state index contributed by atoms with van der Waals surface area (Å²) in [7, 11) is 0. The summed E-state index contributed by atoms with van der Waals surface area (Å²) in [6.45, 7) is 7.42. The Bertz CT molecular complexity index is 343. The highest BCUT2D eigenvalue weighted by Gasteiger charge is 2.44. The van der Waals surface area contributed by atoms with Crippen LogP contribution < -0.4 is 5.32 Å². The predicted molar refractivity (Wildman–Crippen MR) is 71.8 cm³/mol. The molecule has 19 heavy (non-hydrogen) atoms. The van der Waals surface area contributed by atoms with Crippen molar-refractivity contribution < 1.29 is 19.4 Å². The molecule has 5 nitrogen and oxygen atoms in total. The summed E-state index contributed by atoms with van der Waals surface area (Å²) in [5.74, 6) is -1.07. The van der Waals surface area contributed by atoms with Crippen molar-refractivity contribution in [2.24, 2.45) is 5.41 Å². The zero-order valence-electron chi connectivity index (χ0n) is 12.3. The Kier molecular flexibility index (Phi) is 4.96. The number of nitrogens with one attached hydrogen (secondary N) is 1. The van der Waals surface area contributed by atoms with Gasteiger partial charge in [-0.3, -0.25) is 9.59 Å². The highest BCUT2D eigenvalue weighted by Crippen LogP contribution is 2.31. The van der Waals surface area contributed by atoms with Gasteiger partial charge in [-0.05, 0) is 47.0 Å². The number of carboxylic acid groups (broad SMARTS) is 1. The van der Waals surface area contributed by atoms with Gasteiger partial charge in [-0.2, -0.15) is 0 Å². The van der Waals surface area contributed by atoms with Crippen LogP contribution in [0.2, 0.25) is 0 Å². The summed E-state index contributed by atoms with van der Waals surface area (Å²) in [4.78, 5) is 23.3. The van der Waals surface area contributed by atoms with Crippen molar-refractivity contribution >= 4 is 11.9 Å². The van der Waals surface area contributed by atoms with Crippen LogP contribution in [0, 0.1) is 5.41 Å². The molecule has 0 aromatic rings. The number of hydrogen-bond acceptors (Lipinski definition) is 3. The zero-order valence-corrected chi connectivity index (χ0v) is 12.3. The second-order valence-corrected chi connectivity index (χ2v) is 6.30. The Hall–Kier alpha value is -1.10. The largest absolute Gasteiger partial charge is 0.481 e. The molecule has 2 N–H and O–H groups in total. The first-order valence-electron chi connectivity index (χ1n) is 6.83. The summed E-state index contributed by atoms with van der Waals surface area (Å²) in [5, 5.41) is 12.1. The SMILES string of the molecule is CC(C)(NC(=O)CC1CCCCO1)C(C)(C)C(=O)O. The molecule has 0 spiro atoms. The molecular weight excluding hydrogens is 246 g/mol. The molecule has 110 valence electrons. The molecule has 0 saturated carbocycles. The van der Waals surface area contributed by atoms with Gasteiger partial charge in [0, 0.05) is 12.1 Å². The highest BCUT2D eigenvalue weighted by atomic mass is 16.5. The quantitative estimate of drug-likeness (QED) is 0.801. The fraction of sp³-hybridized carbons (Fsp3) is 0.857. The van der Waals surface area contributed by atoms with E-state index in [-0.39, 0.29) is 12.0 Å². The minimum atomic E-state index is -1.03. The van der Waals surface area contributed by atoms with Crippen molar-refractivity contribution in [3.63, 3.8) is 0 Å². The lowest BCUT2D eigenvalue weighted by Gasteiger charge is -2.39. The lowest BCUT2D eigenvalue weighted by molar-refractivity contribution is -0.152. The van der Waals surface area contributed by atoms with Crippen molar-refractivity contribution in [3.8, 4) is 0 Å². The fourth-order valence-electron chi connectivity index (χ4n) is 2.00. The lowest BCUT2D eigenvalue weighted by Crippen LogP contribution is -2.57. The molecule has 1 aliphatic rings. The molecule has 1 unspecified atom stereocenters.